The van der Waals surface area contributed by atoms with E-state index in [4.69, 9.17) is 4.74 Å². The van der Waals surface area contributed by atoms with Crippen LogP contribution in [0.3, 0.4) is 0 Å². The van der Waals surface area contributed by atoms with Crippen molar-refractivity contribution in [3.05, 3.63) is 180 Å². The minimum atomic E-state index is -0.425. The van der Waals surface area contributed by atoms with Gasteiger partial charge in [0, 0.05) is 10.9 Å². The smallest absolute Gasteiger partial charge is 0.135 e. The molecule has 1 atom stereocenters. The lowest BCUT2D eigenvalue weighted by molar-refractivity contribution is 0.487. The lowest BCUT2D eigenvalue weighted by atomic mass is 9.61. The van der Waals surface area contributed by atoms with Crippen LogP contribution in [0.25, 0.3) is 66.1 Å². The van der Waals surface area contributed by atoms with Gasteiger partial charge >= 0.3 is 0 Å². The first kappa shape index (κ1) is 24.4. The second-order valence-corrected chi connectivity index (χ2v) is 12.8. The molecule has 3 aliphatic rings. The number of rotatable bonds is 1. The first-order valence-corrected chi connectivity index (χ1v) is 16.0. The largest absolute Gasteiger partial charge is 0.456 e. The minimum Gasteiger partial charge on any atom is -0.456 e. The summed E-state index contributed by atoms with van der Waals surface area (Å²) in [5.41, 5.74) is 15.1. The maximum absolute atomic E-state index is 6.38. The summed E-state index contributed by atoms with van der Waals surface area (Å²) in [6.45, 7) is 0. The molecule has 2 aliphatic carbocycles. The summed E-state index contributed by atoms with van der Waals surface area (Å²) < 4.78 is 6.38. The molecule has 1 unspecified atom stereocenters. The van der Waals surface area contributed by atoms with Gasteiger partial charge in [-0.3, -0.25) is 0 Å². The van der Waals surface area contributed by atoms with Crippen molar-refractivity contribution >= 4 is 21.5 Å². The van der Waals surface area contributed by atoms with Crippen LogP contribution in [0.15, 0.2) is 158 Å². The van der Waals surface area contributed by atoms with E-state index in [9.17, 15) is 0 Å². The normalized spacial score (nSPS) is 16.1. The van der Waals surface area contributed by atoms with Crippen LogP contribution in [0.2, 0.25) is 0 Å². The summed E-state index contributed by atoms with van der Waals surface area (Å²) in [6, 6.07) is 58.4. The lowest BCUT2D eigenvalue weighted by Crippen LogP contribution is -2.31. The molecule has 1 spiro atoms. The molecule has 0 amide bonds. The van der Waals surface area contributed by atoms with Gasteiger partial charge < -0.3 is 4.74 Å². The van der Waals surface area contributed by atoms with Gasteiger partial charge in [0.25, 0.3) is 0 Å². The summed E-state index contributed by atoms with van der Waals surface area (Å²) in [4.78, 5) is 0. The van der Waals surface area contributed by atoms with Gasteiger partial charge in [0.2, 0.25) is 0 Å². The SMILES string of the molecule is c1ccc2c(c1)Oc1cccc3cc(-c4cccc5c4-c4ccccc4C54c5ccccc5-c5cccc6cccc4c56)cc-2c13. The fraction of sp³-hybridized carbons (Fsp3) is 0.0222. The number of ether oxygens (including phenoxy) is 1. The van der Waals surface area contributed by atoms with Crippen molar-refractivity contribution in [2.45, 2.75) is 5.41 Å². The van der Waals surface area contributed by atoms with Crippen LogP contribution in [-0.4, -0.2) is 0 Å². The van der Waals surface area contributed by atoms with Gasteiger partial charge in [-0.25, -0.2) is 0 Å². The zero-order valence-electron chi connectivity index (χ0n) is 24.9. The number of hydrogen-bond donors (Lipinski definition) is 0. The third-order valence-electron chi connectivity index (χ3n) is 10.6. The second-order valence-electron chi connectivity index (χ2n) is 12.8. The van der Waals surface area contributed by atoms with Gasteiger partial charge in [-0.2, -0.15) is 0 Å². The van der Waals surface area contributed by atoms with Crippen molar-refractivity contribution in [1.82, 2.24) is 0 Å². The minimum absolute atomic E-state index is 0.425. The van der Waals surface area contributed by atoms with Crippen molar-refractivity contribution in [1.29, 1.82) is 0 Å². The topological polar surface area (TPSA) is 9.23 Å². The molecule has 0 aromatic heterocycles. The van der Waals surface area contributed by atoms with Crippen LogP contribution in [0, 0.1) is 0 Å². The molecule has 1 aliphatic heterocycles. The summed E-state index contributed by atoms with van der Waals surface area (Å²) in [5.74, 6) is 1.83. The molecule has 1 nitrogen and oxygen atoms in total. The van der Waals surface area contributed by atoms with E-state index in [2.05, 4.69) is 158 Å². The van der Waals surface area contributed by atoms with E-state index in [1.807, 2.05) is 0 Å². The van der Waals surface area contributed by atoms with Gasteiger partial charge in [0.1, 0.15) is 11.5 Å². The molecular weight excluding hydrogens is 556 g/mol. The molecule has 0 fully saturated rings. The zero-order valence-corrected chi connectivity index (χ0v) is 24.9. The Morgan fingerprint density at radius 1 is 0.348 bits per heavy atom. The number of fused-ring (bicyclic) bond motifs is 11. The second kappa shape index (κ2) is 8.62. The summed E-state index contributed by atoms with van der Waals surface area (Å²) >= 11 is 0. The average Bonchev–Trinajstić information content (AvgIpc) is 3.41. The molecule has 8 aromatic rings. The van der Waals surface area contributed by atoms with E-state index in [1.165, 1.54) is 82.7 Å². The third kappa shape index (κ3) is 2.87. The van der Waals surface area contributed by atoms with Gasteiger partial charge in [0.15, 0.2) is 0 Å². The van der Waals surface area contributed by atoms with Crippen LogP contribution in [0.5, 0.6) is 11.5 Å². The van der Waals surface area contributed by atoms with Crippen molar-refractivity contribution in [2.24, 2.45) is 0 Å². The van der Waals surface area contributed by atoms with Crippen molar-refractivity contribution in [3.8, 4) is 56.0 Å². The van der Waals surface area contributed by atoms with Crippen molar-refractivity contribution < 1.29 is 4.74 Å². The summed E-state index contributed by atoms with van der Waals surface area (Å²) in [6.07, 6.45) is 0. The highest BCUT2D eigenvalue weighted by molar-refractivity contribution is 6.10. The first-order valence-electron chi connectivity index (χ1n) is 16.0. The predicted octanol–water partition coefficient (Wildman–Crippen LogP) is 11.8. The molecule has 1 heterocycles. The van der Waals surface area contributed by atoms with E-state index in [1.54, 1.807) is 0 Å². The monoisotopic (exact) mass is 582 g/mol. The van der Waals surface area contributed by atoms with Gasteiger partial charge in [-0.05, 0) is 102 Å². The number of benzene rings is 8. The fourth-order valence-corrected chi connectivity index (χ4v) is 8.96. The highest BCUT2D eigenvalue weighted by Gasteiger charge is 2.50. The molecule has 0 saturated carbocycles. The van der Waals surface area contributed by atoms with Crippen LogP contribution in [-0.2, 0) is 5.41 Å². The molecule has 1 heteroatoms. The van der Waals surface area contributed by atoms with Crippen LogP contribution in [0.4, 0.5) is 0 Å². The molecule has 212 valence electrons. The third-order valence-corrected chi connectivity index (χ3v) is 10.6. The molecule has 0 radical (unpaired) electrons. The Bertz CT molecular complexity index is 2620. The fourth-order valence-electron chi connectivity index (χ4n) is 8.96. The van der Waals surface area contributed by atoms with Gasteiger partial charge in [-0.15, -0.1) is 0 Å². The van der Waals surface area contributed by atoms with Crippen molar-refractivity contribution in [3.63, 3.8) is 0 Å². The van der Waals surface area contributed by atoms with Gasteiger partial charge in [-0.1, -0.05) is 133 Å². The highest BCUT2D eigenvalue weighted by Crippen LogP contribution is 2.63. The average molecular weight is 583 g/mol. The summed E-state index contributed by atoms with van der Waals surface area (Å²) in [5, 5.41) is 5.02. The van der Waals surface area contributed by atoms with E-state index >= 15 is 0 Å². The summed E-state index contributed by atoms with van der Waals surface area (Å²) in [7, 11) is 0. The quantitative estimate of drug-likeness (QED) is 0.187. The van der Waals surface area contributed by atoms with Gasteiger partial charge in [0.05, 0.1) is 5.41 Å². The maximum Gasteiger partial charge on any atom is 0.135 e. The Balaban J connectivity index is 1.28. The Kier molecular flexibility index (Phi) is 4.57. The van der Waals surface area contributed by atoms with Crippen LogP contribution in [0.1, 0.15) is 22.3 Å². The molecule has 46 heavy (non-hydrogen) atoms. The molecule has 0 N–H and O–H groups in total. The molecule has 0 bridgehead atoms. The van der Waals surface area contributed by atoms with E-state index in [0.29, 0.717) is 0 Å². The van der Waals surface area contributed by atoms with E-state index in [-0.39, 0.29) is 0 Å². The Morgan fingerprint density at radius 3 is 1.83 bits per heavy atom. The Labute approximate surface area is 267 Å². The van der Waals surface area contributed by atoms with E-state index in [0.717, 1.165) is 17.1 Å². The Morgan fingerprint density at radius 2 is 0.935 bits per heavy atom. The lowest BCUT2D eigenvalue weighted by Gasteiger charge is -2.40. The molecule has 11 rings (SSSR count). The van der Waals surface area contributed by atoms with Crippen LogP contribution >= 0.6 is 0 Å². The van der Waals surface area contributed by atoms with Crippen LogP contribution < -0.4 is 4.74 Å². The number of hydrogen-bond acceptors (Lipinski definition) is 1. The van der Waals surface area contributed by atoms with E-state index < -0.39 is 5.41 Å². The molecule has 8 aromatic carbocycles. The number of para-hydroxylation sites is 1. The first-order chi connectivity index (χ1) is 22.8. The maximum atomic E-state index is 6.38. The molecule has 0 saturated heterocycles. The predicted molar refractivity (Wildman–Crippen MR) is 189 cm³/mol. The standard InChI is InChI=1S/C45H26O/c1-4-19-36-31(14-1)33-18-7-11-27-12-8-21-38(42(27)33)45(36)37-20-5-2-16-34(37)44-30(17-10-22-39(44)45)29-25-28-13-9-24-41-43(28)35(26-29)32-15-3-6-23-40(32)46-41/h1-26H. The highest BCUT2D eigenvalue weighted by atomic mass is 16.5. The Hall–Kier alpha value is -5.92. The molecular formula is C45H26O. The van der Waals surface area contributed by atoms with Crippen molar-refractivity contribution in [2.75, 3.05) is 0 Å². The zero-order chi connectivity index (χ0) is 30.0.